The van der Waals surface area contributed by atoms with Crippen molar-refractivity contribution in [3.63, 3.8) is 0 Å². The quantitative estimate of drug-likeness (QED) is 0.823. The van der Waals surface area contributed by atoms with Crippen molar-refractivity contribution in [2.24, 2.45) is 22.4 Å². The highest BCUT2D eigenvalue weighted by molar-refractivity contribution is 5.73. The van der Waals surface area contributed by atoms with Crippen LogP contribution in [-0.4, -0.2) is 42.0 Å². The molecule has 1 aliphatic carbocycles. The Balaban J connectivity index is 1.55. The van der Waals surface area contributed by atoms with Crippen LogP contribution in [0.3, 0.4) is 0 Å². The van der Waals surface area contributed by atoms with E-state index < -0.39 is 5.54 Å². The summed E-state index contributed by atoms with van der Waals surface area (Å²) in [6.07, 6.45) is 17.7. The Morgan fingerprint density at radius 2 is 1.59 bits per heavy atom. The molecular formula is C18H32N4. The molecule has 1 saturated carbocycles. The second-order valence-electron chi connectivity index (χ2n) is 7.41. The van der Waals surface area contributed by atoms with Gasteiger partial charge in [-0.05, 0) is 50.8 Å². The van der Waals surface area contributed by atoms with E-state index >= 15 is 0 Å². The van der Waals surface area contributed by atoms with Gasteiger partial charge in [0.25, 0.3) is 0 Å². The number of piperidine rings is 1. The average Bonchev–Trinajstić information content (AvgIpc) is 2.50. The molecule has 124 valence electrons. The first-order valence-corrected chi connectivity index (χ1v) is 9.19. The zero-order valence-corrected chi connectivity index (χ0v) is 13.8. The largest absolute Gasteiger partial charge is 0.319 e. The highest BCUT2D eigenvalue weighted by Gasteiger charge is 2.41. The molecule has 0 aromatic rings. The summed E-state index contributed by atoms with van der Waals surface area (Å²) < 4.78 is 0. The van der Waals surface area contributed by atoms with E-state index in [-0.39, 0.29) is 6.17 Å². The lowest BCUT2D eigenvalue weighted by Gasteiger charge is -2.45. The number of rotatable bonds is 2. The SMILES string of the molecule is NC1N=CC=CC1(N)C1CCN(C2CCCCCCC2)CC1. The zero-order valence-electron chi connectivity index (χ0n) is 13.8. The van der Waals surface area contributed by atoms with Crippen molar-refractivity contribution in [3.05, 3.63) is 12.2 Å². The summed E-state index contributed by atoms with van der Waals surface area (Å²) >= 11 is 0. The van der Waals surface area contributed by atoms with Crippen LogP contribution in [0.25, 0.3) is 0 Å². The molecule has 0 aromatic carbocycles. The molecule has 1 saturated heterocycles. The van der Waals surface area contributed by atoms with Gasteiger partial charge in [-0.3, -0.25) is 4.99 Å². The number of likely N-dealkylation sites (tertiary alicyclic amines) is 1. The van der Waals surface area contributed by atoms with Crippen LogP contribution in [0, 0.1) is 5.92 Å². The van der Waals surface area contributed by atoms with Gasteiger partial charge in [-0.25, -0.2) is 0 Å². The van der Waals surface area contributed by atoms with Crippen LogP contribution in [-0.2, 0) is 0 Å². The van der Waals surface area contributed by atoms with E-state index in [1.54, 1.807) is 6.21 Å². The van der Waals surface area contributed by atoms with Crippen LogP contribution < -0.4 is 11.5 Å². The fourth-order valence-corrected chi connectivity index (χ4v) is 4.52. The molecule has 2 unspecified atom stereocenters. The van der Waals surface area contributed by atoms with Crippen molar-refractivity contribution >= 4 is 6.21 Å². The molecule has 0 spiro atoms. The Kier molecular flexibility index (Phi) is 5.32. The third-order valence-corrected chi connectivity index (χ3v) is 6.06. The van der Waals surface area contributed by atoms with Crippen molar-refractivity contribution < 1.29 is 0 Å². The number of hydrogen-bond acceptors (Lipinski definition) is 4. The topological polar surface area (TPSA) is 67.6 Å². The van der Waals surface area contributed by atoms with Gasteiger partial charge in [-0.15, -0.1) is 0 Å². The third-order valence-electron chi connectivity index (χ3n) is 6.06. The predicted molar refractivity (Wildman–Crippen MR) is 92.9 cm³/mol. The summed E-state index contributed by atoms with van der Waals surface area (Å²) in [6, 6.07) is 0.809. The number of nitrogens with zero attached hydrogens (tertiary/aromatic N) is 2. The normalized spacial score (nSPS) is 36.2. The van der Waals surface area contributed by atoms with Gasteiger partial charge in [-0.2, -0.15) is 0 Å². The molecule has 4 nitrogen and oxygen atoms in total. The van der Waals surface area contributed by atoms with E-state index in [1.807, 2.05) is 6.08 Å². The molecular weight excluding hydrogens is 272 g/mol. The molecule has 4 heteroatoms. The molecule has 2 fully saturated rings. The Morgan fingerprint density at radius 3 is 2.23 bits per heavy atom. The number of dihydropyridines is 1. The van der Waals surface area contributed by atoms with Crippen LogP contribution >= 0.6 is 0 Å². The molecule has 0 amide bonds. The maximum atomic E-state index is 6.60. The van der Waals surface area contributed by atoms with E-state index in [0.717, 1.165) is 18.9 Å². The molecule has 0 bridgehead atoms. The van der Waals surface area contributed by atoms with Gasteiger partial charge in [0.15, 0.2) is 0 Å². The lowest BCUT2D eigenvalue weighted by molar-refractivity contribution is 0.0879. The van der Waals surface area contributed by atoms with Crippen LogP contribution in [0.5, 0.6) is 0 Å². The van der Waals surface area contributed by atoms with Gasteiger partial charge in [0.2, 0.25) is 0 Å². The fraction of sp³-hybridized carbons (Fsp3) is 0.833. The van der Waals surface area contributed by atoms with Gasteiger partial charge in [-0.1, -0.05) is 38.2 Å². The molecule has 0 aromatic heterocycles. The molecule has 22 heavy (non-hydrogen) atoms. The maximum absolute atomic E-state index is 6.60. The van der Waals surface area contributed by atoms with Crippen LogP contribution in [0.1, 0.15) is 57.8 Å². The van der Waals surface area contributed by atoms with E-state index in [9.17, 15) is 0 Å². The summed E-state index contributed by atoms with van der Waals surface area (Å²) in [6.45, 7) is 2.36. The van der Waals surface area contributed by atoms with Crippen molar-refractivity contribution in [2.75, 3.05) is 13.1 Å². The van der Waals surface area contributed by atoms with Gasteiger partial charge in [0, 0.05) is 12.3 Å². The number of allylic oxidation sites excluding steroid dienone is 1. The minimum atomic E-state index is -0.443. The van der Waals surface area contributed by atoms with Crippen LogP contribution in [0.2, 0.25) is 0 Å². The Morgan fingerprint density at radius 1 is 0.955 bits per heavy atom. The Hall–Kier alpha value is -0.710. The molecule has 4 N–H and O–H groups in total. The summed E-state index contributed by atoms with van der Waals surface area (Å²) in [5, 5.41) is 0. The first-order chi connectivity index (χ1) is 10.7. The van der Waals surface area contributed by atoms with E-state index in [0.29, 0.717) is 5.92 Å². The second kappa shape index (κ2) is 7.24. The average molecular weight is 304 g/mol. The molecule has 2 atom stereocenters. The van der Waals surface area contributed by atoms with E-state index in [1.165, 1.54) is 58.0 Å². The number of aliphatic imine (C=N–C) groups is 1. The Bertz CT molecular complexity index is 403. The minimum absolute atomic E-state index is 0.282. The molecule has 0 radical (unpaired) electrons. The van der Waals surface area contributed by atoms with Gasteiger partial charge in [0.1, 0.15) is 6.17 Å². The van der Waals surface area contributed by atoms with E-state index in [2.05, 4.69) is 16.0 Å². The van der Waals surface area contributed by atoms with E-state index in [4.69, 9.17) is 11.5 Å². The van der Waals surface area contributed by atoms with Crippen molar-refractivity contribution in [1.29, 1.82) is 0 Å². The van der Waals surface area contributed by atoms with Crippen molar-refractivity contribution in [1.82, 2.24) is 4.90 Å². The standard InChI is InChI=1S/C18H32N4/c19-17-18(20,11-6-12-21-17)15-9-13-22(14-10-15)16-7-4-2-1-3-5-8-16/h6,11-12,15-17H,1-5,7-10,13-14,19-20H2. The third kappa shape index (κ3) is 3.44. The molecule has 2 heterocycles. The lowest BCUT2D eigenvalue weighted by atomic mass is 9.75. The lowest BCUT2D eigenvalue weighted by Crippen LogP contribution is -2.61. The summed E-state index contributed by atoms with van der Waals surface area (Å²) in [5.74, 6) is 0.459. The first-order valence-electron chi connectivity index (χ1n) is 9.19. The van der Waals surface area contributed by atoms with Crippen LogP contribution in [0.15, 0.2) is 17.1 Å². The zero-order chi connectivity index (χ0) is 15.4. The predicted octanol–water partition coefficient (Wildman–Crippen LogP) is 2.43. The van der Waals surface area contributed by atoms with Crippen LogP contribution in [0.4, 0.5) is 0 Å². The number of nitrogens with two attached hydrogens (primary N) is 2. The maximum Gasteiger partial charge on any atom is 0.119 e. The fourth-order valence-electron chi connectivity index (χ4n) is 4.52. The van der Waals surface area contributed by atoms with Crippen molar-refractivity contribution in [3.8, 4) is 0 Å². The first kappa shape index (κ1) is 16.2. The summed E-state index contributed by atoms with van der Waals surface area (Å²) in [7, 11) is 0. The molecule has 2 aliphatic heterocycles. The summed E-state index contributed by atoms with van der Waals surface area (Å²) in [5.41, 5.74) is 12.3. The minimum Gasteiger partial charge on any atom is -0.319 e. The Labute approximate surface area is 135 Å². The monoisotopic (exact) mass is 304 g/mol. The summed E-state index contributed by atoms with van der Waals surface area (Å²) in [4.78, 5) is 7.05. The highest BCUT2D eigenvalue weighted by Crippen LogP contribution is 2.33. The van der Waals surface area contributed by atoms with Crippen molar-refractivity contribution in [2.45, 2.75) is 75.5 Å². The van der Waals surface area contributed by atoms with Gasteiger partial charge < -0.3 is 16.4 Å². The number of hydrogen-bond donors (Lipinski definition) is 2. The molecule has 3 rings (SSSR count). The second-order valence-corrected chi connectivity index (χ2v) is 7.41. The smallest absolute Gasteiger partial charge is 0.119 e. The van der Waals surface area contributed by atoms with Gasteiger partial charge >= 0.3 is 0 Å². The highest BCUT2D eigenvalue weighted by atomic mass is 15.2. The van der Waals surface area contributed by atoms with Gasteiger partial charge in [0.05, 0.1) is 5.54 Å². The molecule has 3 aliphatic rings.